The van der Waals surface area contributed by atoms with E-state index in [2.05, 4.69) is 77.0 Å². The Morgan fingerprint density at radius 3 is 1.28 bits per heavy atom. The molecular formula is C13H33NOSi3. The second-order valence-electron chi connectivity index (χ2n) is 8.03. The van der Waals surface area contributed by atoms with Crippen LogP contribution < -0.4 is 0 Å². The van der Waals surface area contributed by atoms with Crippen LogP contribution in [0.5, 0.6) is 0 Å². The van der Waals surface area contributed by atoms with Crippen molar-refractivity contribution in [1.82, 2.24) is 4.23 Å². The molecule has 0 radical (unpaired) electrons. The van der Waals surface area contributed by atoms with Crippen molar-refractivity contribution in [3.05, 3.63) is 11.5 Å². The molecule has 0 amide bonds. The average molecular weight is 304 g/mol. The van der Waals surface area contributed by atoms with E-state index in [0.29, 0.717) is 0 Å². The molecule has 0 spiro atoms. The normalized spacial score (nSPS) is 15.3. The van der Waals surface area contributed by atoms with Crippen molar-refractivity contribution in [2.75, 3.05) is 0 Å². The zero-order valence-electron chi connectivity index (χ0n) is 14.4. The van der Waals surface area contributed by atoms with Crippen LogP contribution in [0.1, 0.15) is 13.8 Å². The van der Waals surface area contributed by atoms with Gasteiger partial charge >= 0.3 is 0 Å². The fraction of sp³-hybridized carbons (Fsp3) is 0.846. The van der Waals surface area contributed by atoms with Crippen LogP contribution >= 0.6 is 0 Å². The summed E-state index contributed by atoms with van der Waals surface area (Å²) in [6, 6.07) is 0. The molecule has 0 atom stereocenters. The Morgan fingerprint density at radius 2 is 1.06 bits per heavy atom. The Hall–Kier alpha value is -0.00935. The minimum atomic E-state index is -1.50. The van der Waals surface area contributed by atoms with E-state index in [0.717, 1.165) is 5.76 Å². The summed E-state index contributed by atoms with van der Waals surface area (Å²) < 4.78 is 8.92. The molecule has 0 aliphatic carbocycles. The van der Waals surface area contributed by atoms with Crippen molar-refractivity contribution in [1.29, 1.82) is 0 Å². The Labute approximate surface area is 118 Å². The lowest BCUT2D eigenvalue weighted by Gasteiger charge is -2.47. The summed E-state index contributed by atoms with van der Waals surface area (Å²) in [5, 5.41) is 0. The first-order valence-electron chi connectivity index (χ1n) is 6.83. The van der Waals surface area contributed by atoms with Crippen LogP contribution in [0.3, 0.4) is 0 Å². The molecule has 0 saturated carbocycles. The highest BCUT2D eigenvalue weighted by Gasteiger charge is 2.35. The highest BCUT2D eigenvalue weighted by molar-refractivity contribution is 6.90. The molecule has 0 saturated heterocycles. The van der Waals surface area contributed by atoms with Gasteiger partial charge in [-0.25, -0.2) is 0 Å². The highest BCUT2D eigenvalue weighted by Crippen LogP contribution is 2.28. The molecule has 5 heteroatoms. The van der Waals surface area contributed by atoms with Crippen molar-refractivity contribution in [3.8, 4) is 0 Å². The van der Waals surface area contributed by atoms with Gasteiger partial charge in [0, 0.05) is 5.70 Å². The molecule has 108 valence electrons. The molecule has 0 aliphatic heterocycles. The molecule has 0 rings (SSSR count). The summed E-state index contributed by atoms with van der Waals surface area (Å²) in [5.74, 6) is 1.14. The van der Waals surface area contributed by atoms with Gasteiger partial charge in [0.2, 0.25) is 8.32 Å². The number of nitrogens with zero attached hydrogens (tertiary/aromatic N) is 1. The van der Waals surface area contributed by atoms with Gasteiger partial charge < -0.3 is 8.66 Å². The van der Waals surface area contributed by atoms with Crippen LogP contribution in [-0.4, -0.2) is 29.0 Å². The number of hydrogen-bond donors (Lipinski definition) is 0. The minimum absolute atomic E-state index is 1.14. The standard InChI is InChI=1S/C13H33NOSi3/c1-12(13(2)15-18(9,10)11)14(16(3,4)5)17(6,7)8/h1-11H3/b13-12-. The van der Waals surface area contributed by atoms with Crippen LogP contribution in [0.4, 0.5) is 0 Å². The second-order valence-corrected chi connectivity index (χ2v) is 22.5. The zero-order valence-corrected chi connectivity index (χ0v) is 17.4. The van der Waals surface area contributed by atoms with E-state index in [4.69, 9.17) is 4.43 Å². The summed E-state index contributed by atoms with van der Waals surface area (Å²) in [4.78, 5) is 0. The quantitative estimate of drug-likeness (QED) is 0.520. The van der Waals surface area contributed by atoms with Gasteiger partial charge in [0.25, 0.3) is 0 Å². The Morgan fingerprint density at radius 1 is 0.722 bits per heavy atom. The molecule has 0 aromatic heterocycles. The van der Waals surface area contributed by atoms with E-state index in [1.54, 1.807) is 0 Å². The van der Waals surface area contributed by atoms with Crippen molar-refractivity contribution in [3.63, 3.8) is 0 Å². The van der Waals surface area contributed by atoms with Gasteiger partial charge in [-0.2, -0.15) is 0 Å². The molecule has 0 heterocycles. The summed E-state index contributed by atoms with van der Waals surface area (Å²) in [6.07, 6.45) is 0. The lowest BCUT2D eigenvalue weighted by atomic mass is 10.4. The minimum Gasteiger partial charge on any atom is -0.546 e. The fourth-order valence-corrected chi connectivity index (χ4v) is 14.1. The van der Waals surface area contributed by atoms with E-state index in [1.807, 2.05) is 0 Å². The predicted octanol–water partition coefficient (Wildman–Crippen LogP) is 5.06. The number of allylic oxidation sites excluding steroid dienone is 2. The van der Waals surface area contributed by atoms with Gasteiger partial charge in [0.05, 0.1) is 5.76 Å². The molecule has 0 aromatic rings. The first-order chi connectivity index (χ1) is 7.66. The third kappa shape index (κ3) is 5.75. The molecule has 0 aromatic carbocycles. The van der Waals surface area contributed by atoms with E-state index >= 15 is 0 Å². The fourth-order valence-electron chi connectivity index (χ4n) is 2.70. The van der Waals surface area contributed by atoms with Gasteiger partial charge in [-0.1, -0.05) is 39.3 Å². The Bertz CT molecular complexity index is 305. The molecule has 0 unspecified atom stereocenters. The van der Waals surface area contributed by atoms with Crippen molar-refractivity contribution in [2.24, 2.45) is 0 Å². The van der Waals surface area contributed by atoms with Crippen LogP contribution in [0.2, 0.25) is 58.9 Å². The van der Waals surface area contributed by atoms with Gasteiger partial charge in [-0.05, 0) is 33.5 Å². The lowest BCUT2D eigenvalue weighted by Crippen LogP contribution is -2.58. The van der Waals surface area contributed by atoms with E-state index in [-0.39, 0.29) is 0 Å². The van der Waals surface area contributed by atoms with Crippen molar-refractivity contribution in [2.45, 2.75) is 72.8 Å². The summed E-state index contributed by atoms with van der Waals surface area (Å²) in [5.41, 5.74) is 1.37. The van der Waals surface area contributed by atoms with Gasteiger partial charge in [-0.15, -0.1) is 0 Å². The van der Waals surface area contributed by atoms with E-state index in [9.17, 15) is 0 Å². The number of rotatable bonds is 5. The van der Waals surface area contributed by atoms with E-state index in [1.165, 1.54) is 5.70 Å². The summed E-state index contributed by atoms with van der Waals surface area (Å²) in [7, 11) is -4.20. The van der Waals surface area contributed by atoms with Crippen LogP contribution in [-0.2, 0) is 4.43 Å². The second kappa shape index (κ2) is 5.55. The molecule has 2 nitrogen and oxygen atoms in total. The highest BCUT2D eigenvalue weighted by atomic mass is 28.4. The Balaban J connectivity index is 5.46. The average Bonchev–Trinajstić information content (AvgIpc) is 1.93. The summed E-state index contributed by atoms with van der Waals surface area (Å²) in [6.45, 7) is 25.7. The first kappa shape index (κ1) is 18.0. The predicted molar refractivity (Wildman–Crippen MR) is 91.3 cm³/mol. The molecule has 0 aliphatic rings. The third-order valence-electron chi connectivity index (χ3n) is 2.65. The van der Waals surface area contributed by atoms with E-state index < -0.39 is 24.8 Å². The third-order valence-corrected chi connectivity index (χ3v) is 10.9. The lowest BCUT2D eigenvalue weighted by molar-refractivity contribution is 0.406. The van der Waals surface area contributed by atoms with Crippen LogP contribution in [0.25, 0.3) is 0 Å². The van der Waals surface area contributed by atoms with Gasteiger partial charge in [0.15, 0.2) is 0 Å². The van der Waals surface area contributed by atoms with Crippen LogP contribution in [0.15, 0.2) is 11.5 Å². The monoisotopic (exact) mass is 303 g/mol. The SMILES string of the molecule is C/C(O[Si](C)(C)C)=C(\C)N([Si](C)(C)C)[Si](C)(C)C. The summed E-state index contributed by atoms with van der Waals surface area (Å²) >= 11 is 0. The maximum absolute atomic E-state index is 6.19. The largest absolute Gasteiger partial charge is 0.546 e. The van der Waals surface area contributed by atoms with Crippen LogP contribution in [0, 0.1) is 0 Å². The van der Waals surface area contributed by atoms with Crippen molar-refractivity contribution < 1.29 is 4.43 Å². The Kier molecular flexibility index (Phi) is 5.54. The van der Waals surface area contributed by atoms with Gasteiger partial charge in [0.1, 0.15) is 16.5 Å². The molecule has 18 heavy (non-hydrogen) atoms. The number of hydrogen-bond acceptors (Lipinski definition) is 2. The maximum Gasteiger partial charge on any atom is 0.241 e. The first-order valence-corrected chi connectivity index (χ1v) is 17.1. The molecule has 0 fully saturated rings. The molecule has 0 N–H and O–H groups in total. The topological polar surface area (TPSA) is 12.5 Å². The maximum atomic E-state index is 6.19. The smallest absolute Gasteiger partial charge is 0.241 e. The zero-order chi connectivity index (χ0) is 14.9. The van der Waals surface area contributed by atoms with Crippen molar-refractivity contribution >= 4 is 24.8 Å². The van der Waals surface area contributed by atoms with Gasteiger partial charge in [-0.3, -0.25) is 0 Å². The molecular weight excluding hydrogens is 270 g/mol. The molecule has 0 bridgehead atoms.